The van der Waals surface area contributed by atoms with Crippen molar-refractivity contribution in [1.29, 1.82) is 0 Å². The van der Waals surface area contributed by atoms with Crippen LogP contribution in [-0.4, -0.2) is 23.6 Å². The van der Waals surface area contributed by atoms with Gasteiger partial charge in [0.2, 0.25) is 0 Å². The van der Waals surface area contributed by atoms with E-state index >= 15 is 0 Å². The second-order valence-corrected chi connectivity index (χ2v) is 6.84. The third kappa shape index (κ3) is 8.81. The van der Waals surface area contributed by atoms with E-state index < -0.39 is 0 Å². The highest BCUT2D eigenvalue weighted by Crippen LogP contribution is 2.28. The molecule has 0 N–H and O–H groups in total. The zero-order chi connectivity index (χ0) is 19.2. The molecule has 2 nitrogen and oxygen atoms in total. The molecular formula is C21H27NOP2S. The molecule has 0 bridgehead atoms. The Morgan fingerprint density at radius 1 is 1.04 bits per heavy atom. The number of nitrogens with zero attached hydrogens (tertiary/aromatic N) is 1. The molecule has 0 heterocycles. The number of thioether (sulfide) groups is 1. The van der Waals surface area contributed by atoms with Gasteiger partial charge in [-0.1, -0.05) is 76.2 Å². The van der Waals surface area contributed by atoms with Crippen LogP contribution in [0.25, 0.3) is 0 Å². The standard InChI is InChI=1S/C20H22NOPS.CH5P/c1-2-21(16-17-10-5-3-6-11-17)15-9-14-19(20(22)23)24-18-12-7-4-8-13-18;1-2/h3-15H,2,16,23H2,1H3;2H2,1H3/b15-9+,19-14+;. The van der Waals surface area contributed by atoms with E-state index in [9.17, 15) is 4.79 Å². The molecule has 2 rings (SSSR count). The Kier molecular flexibility index (Phi) is 12.0. The molecule has 2 aromatic rings. The zero-order valence-corrected chi connectivity index (χ0v) is 18.5. The summed E-state index contributed by atoms with van der Waals surface area (Å²) in [5.74, 6) is 0. The number of hydrogen-bond donors (Lipinski definition) is 0. The fraction of sp³-hybridized carbons (Fsp3) is 0.190. The Labute approximate surface area is 166 Å². The van der Waals surface area contributed by atoms with Crippen LogP contribution < -0.4 is 0 Å². The van der Waals surface area contributed by atoms with Crippen LogP contribution in [0.2, 0.25) is 0 Å². The van der Waals surface area contributed by atoms with Gasteiger partial charge in [0, 0.05) is 18.0 Å². The number of benzene rings is 2. The zero-order valence-electron chi connectivity index (χ0n) is 15.3. The Bertz CT molecular complexity index is 702. The van der Waals surface area contributed by atoms with Gasteiger partial charge in [0.1, 0.15) is 0 Å². The van der Waals surface area contributed by atoms with Crippen molar-refractivity contribution in [3.8, 4) is 0 Å². The molecule has 0 aliphatic heterocycles. The van der Waals surface area contributed by atoms with Gasteiger partial charge in [-0.2, -0.15) is 0 Å². The molecular weight excluding hydrogens is 376 g/mol. The number of carbonyl (C=O) groups excluding carboxylic acids is 1. The topological polar surface area (TPSA) is 20.3 Å². The molecule has 26 heavy (non-hydrogen) atoms. The Morgan fingerprint density at radius 2 is 1.62 bits per heavy atom. The molecule has 0 fully saturated rings. The lowest BCUT2D eigenvalue weighted by molar-refractivity contribution is -0.107. The molecule has 2 aromatic carbocycles. The van der Waals surface area contributed by atoms with Crippen molar-refractivity contribution in [2.24, 2.45) is 0 Å². The van der Waals surface area contributed by atoms with E-state index in [0.29, 0.717) is 4.91 Å². The molecule has 138 valence electrons. The maximum atomic E-state index is 11.8. The summed E-state index contributed by atoms with van der Waals surface area (Å²) in [4.78, 5) is 15.8. The van der Waals surface area contributed by atoms with Crippen LogP contribution in [-0.2, 0) is 11.3 Å². The van der Waals surface area contributed by atoms with Crippen molar-refractivity contribution < 1.29 is 4.79 Å². The van der Waals surface area contributed by atoms with Crippen LogP contribution in [0.1, 0.15) is 12.5 Å². The third-order valence-electron chi connectivity index (χ3n) is 3.39. The second-order valence-electron chi connectivity index (χ2n) is 5.20. The van der Waals surface area contributed by atoms with E-state index in [2.05, 4.69) is 42.4 Å². The number of allylic oxidation sites excluding steroid dienone is 3. The lowest BCUT2D eigenvalue weighted by atomic mass is 10.2. The van der Waals surface area contributed by atoms with Gasteiger partial charge < -0.3 is 4.90 Å². The van der Waals surface area contributed by atoms with E-state index in [0.717, 1.165) is 18.0 Å². The minimum Gasteiger partial charge on any atom is -0.373 e. The Hall–Kier alpha value is -1.40. The lowest BCUT2D eigenvalue weighted by Gasteiger charge is -2.17. The predicted molar refractivity (Wildman–Crippen MR) is 122 cm³/mol. The summed E-state index contributed by atoms with van der Waals surface area (Å²) in [6.45, 7) is 5.81. The summed E-state index contributed by atoms with van der Waals surface area (Å²) in [6.07, 6.45) is 5.85. The molecule has 0 spiro atoms. The molecule has 5 heteroatoms. The van der Waals surface area contributed by atoms with Gasteiger partial charge in [-0.15, -0.1) is 9.24 Å². The summed E-state index contributed by atoms with van der Waals surface area (Å²) in [5.41, 5.74) is 1.27. The quantitative estimate of drug-likeness (QED) is 0.248. The van der Waals surface area contributed by atoms with E-state index in [1.807, 2.05) is 73.5 Å². The van der Waals surface area contributed by atoms with Gasteiger partial charge in [0.05, 0.1) is 4.91 Å². The number of carbonyl (C=O) groups is 1. The molecule has 0 saturated heterocycles. The Morgan fingerprint density at radius 3 is 2.15 bits per heavy atom. The first kappa shape index (κ1) is 22.6. The highest BCUT2D eigenvalue weighted by molar-refractivity contribution is 8.04. The number of rotatable bonds is 8. The van der Waals surface area contributed by atoms with Crippen LogP contribution in [0.4, 0.5) is 0 Å². The minimum absolute atomic E-state index is 0.000360. The van der Waals surface area contributed by atoms with Crippen molar-refractivity contribution in [1.82, 2.24) is 4.90 Å². The average molecular weight is 403 g/mol. The van der Waals surface area contributed by atoms with E-state index in [1.165, 1.54) is 17.3 Å². The molecule has 2 atom stereocenters. The van der Waals surface area contributed by atoms with Crippen LogP contribution in [0.5, 0.6) is 0 Å². The minimum atomic E-state index is -0.000360. The van der Waals surface area contributed by atoms with Gasteiger partial charge in [0.25, 0.3) is 0 Å². The van der Waals surface area contributed by atoms with Crippen molar-refractivity contribution in [3.63, 3.8) is 0 Å². The summed E-state index contributed by atoms with van der Waals surface area (Å²) in [5, 5.41) is 0. The van der Waals surface area contributed by atoms with Gasteiger partial charge in [-0.3, -0.25) is 4.79 Å². The normalized spacial score (nSPS) is 11.0. The van der Waals surface area contributed by atoms with Crippen molar-refractivity contribution in [3.05, 3.63) is 89.5 Å². The van der Waals surface area contributed by atoms with Gasteiger partial charge in [0.15, 0.2) is 5.52 Å². The van der Waals surface area contributed by atoms with E-state index in [-0.39, 0.29) is 5.52 Å². The second kappa shape index (κ2) is 13.8. The summed E-state index contributed by atoms with van der Waals surface area (Å²) < 4.78 is 0. The summed E-state index contributed by atoms with van der Waals surface area (Å²) >= 11 is 1.48. The molecule has 0 aliphatic rings. The summed E-state index contributed by atoms with van der Waals surface area (Å²) in [6, 6.07) is 20.3. The summed E-state index contributed by atoms with van der Waals surface area (Å²) in [7, 11) is 4.67. The monoisotopic (exact) mass is 403 g/mol. The SMILES string of the molecule is CCN(/C=C/C=C(/Sc1ccccc1)C(=O)P)Cc1ccccc1.CP. The largest absolute Gasteiger partial charge is 0.373 e. The first-order valence-corrected chi connectivity index (χ1v) is 11.0. The predicted octanol–water partition coefficient (Wildman–Crippen LogP) is 5.59. The van der Waals surface area contributed by atoms with E-state index in [1.54, 1.807) is 0 Å². The average Bonchev–Trinajstić information content (AvgIpc) is 2.69. The van der Waals surface area contributed by atoms with Crippen LogP contribution in [0.3, 0.4) is 0 Å². The smallest absolute Gasteiger partial charge is 0.184 e. The van der Waals surface area contributed by atoms with Gasteiger partial charge in [-0.25, -0.2) is 0 Å². The number of hydrogen-bond acceptors (Lipinski definition) is 3. The van der Waals surface area contributed by atoms with E-state index in [4.69, 9.17) is 0 Å². The molecule has 0 aromatic heterocycles. The maximum Gasteiger partial charge on any atom is 0.184 e. The highest BCUT2D eigenvalue weighted by atomic mass is 32.2. The molecule has 0 amide bonds. The van der Waals surface area contributed by atoms with Gasteiger partial charge >= 0.3 is 0 Å². The maximum absolute atomic E-state index is 11.8. The molecule has 0 saturated carbocycles. The van der Waals surface area contributed by atoms with Crippen molar-refractivity contribution >= 4 is 35.8 Å². The molecule has 2 unspecified atom stereocenters. The van der Waals surface area contributed by atoms with Crippen LogP contribution in [0.15, 0.2) is 88.8 Å². The van der Waals surface area contributed by atoms with Gasteiger partial charge in [-0.05, 0) is 43.0 Å². The van der Waals surface area contributed by atoms with Crippen molar-refractivity contribution in [2.75, 3.05) is 13.2 Å². The lowest BCUT2D eigenvalue weighted by Crippen LogP contribution is -2.15. The fourth-order valence-electron chi connectivity index (χ4n) is 2.12. The molecule has 0 radical (unpaired) electrons. The fourth-order valence-corrected chi connectivity index (χ4v) is 3.19. The first-order chi connectivity index (χ1) is 12.7. The van der Waals surface area contributed by atoms with Crippen molar-refractivity contribution in [2.45, 2.75) is 18.4 Å². The first-order valence-electron chi connectivity index (χ1n) is 8.46. The highest BCUT2D eigenvalue weighted by Gasteiger charge is 2.05. The van der Waals surface area contributed by atoms with Crippen LogP contribution in [0, 0.1) is 0 Å². The third-order valence-corrected chi connectivity index (χ3v) is 4.98. The van der Waals surface area contributed by atoms with Crippen LogP contribution >= 0.6 is 30.2 Å². The molecule has 0 aliphatic carbocycles. The Balaban J connectivity index is 0.00000163.